The van der Waals surface area contributed by atoms with Crippen LogP contribution < -0.4 is 4.31 Å². The van der Waals surface area contributed by atoms with E-state index in [1.807, 2.05) is 13.8 Å². The van der Waals surface area contributed by atoms with Gasteiger partial charge in [0.25, 0.3) is 11.8 Å². The van der Waals surface area contributed by atoms with Crippen LogP contribution in [0.1, 0.15) is 43.8 Å². The fraction of sp³-hybridized carbons (Fsp3) is 0.421. The zero-order valence-corrected chi connectivity index (χ0v) is 19.5. The van der Waals surface area contributed by atoms with Crippen molar-refractivity contribution in [3.05, 3.63) is 41.1 Å². The highest BCUT2D eigenvalue weighted by Gasteiger charge is 2.25. The van der Waals surface area contributed by atoms with Crippen molar-refractivity contribution in [3.8, 4) is 10.8 Å². The highest BCUT2D eigenvalue weighted by molar-refractivity contribution is 7.92. The van der Waals surface area contributed by atoms with Crippen molar-refractivity contribution < 1.29 is 21.6 Å². The van der Waals surface area contributed by atoms with E-state index in [-0.39, 0.29) is 18.2 Å². The zero-order chi connectivity index (χ0) is 23.5. The molecule has 0 bridgehead atoms. The Hall–Kier alpha value is -2.80. The average molecular weight is 485 g/mol. The van der Waals surface area contributed by atoms with Crippen LogP contribution in [0.5, 0.6) is 0 Å². The predicted octanol–water partition coefficient (Wildman–Crippen LogP) is 3.86. The number of rotatable bonds is 9. The maximum absolute atomic E-state index is 12.8. The van der Waals surface area contributed by atoms with Crippen LogP contribution in [0.4, 0.5) is 14.5 Å². The lowest BCUT2D eigenvalue weighted by Gasteiger charge is -2.24. The molecular formula is C19H22F2N6O3S2. The molecule has 3 rings (SSSR count). The fourth-order valence-corrected chi connectivity index (χ4v) is 4.81. The third-order valence-corrected chi connectivity index (χ3v) is 7.23. The Morgan fingerprint density at radius 1 is 1.25 bits per heavy atom. The van der Waals surface area contributed by atoms with Crippen molar-refractivity contribution in [1.29, 1.82) is 0 Å². The summed E-state index contributed by atoms with van der Waals surface area (Å²) < 4.78 is 57.1. The third kappa shape index (κ3) is 5.15. The number of aliphatic imine (C=N–C) groups is 1. The van der Waals surface area contributed by atoms with Gasteiger partial charge in [-0.15, -0.1) is 21.5 Å². The van der Waals surface area contributed by atoms with E-state index in [1.165, 1.54) is 16.7 Å². The van der Waals surface area contributed by atoms with Gasteiger partial charge in [0.05, 0.1) is 36.1 Å². The van der Waals surface area contributed by atoms with E-state index in [9.17, 15) is 17.2 Å². The first-order valence-electron chi connectivity index (χ1n) is 9.54. The van der Waals surface area contributed by atoms with Crippen LogP contribution in [0.15, 0.2) is 33.9 Å². The van der Waals surface area contributed by atoms with Gasteiger partial charge < -0.3 is 4.42 Å². The van der Waals surface area contributed by atoms with Gasteiger partial charge in [-0.1, -0.05) is 0 Å². The Morgan fingerprint density at radius 3 is 2.56 bits per heavy atom. The molecule has 0 N–H and O–H groups in total. The van der Waals surface area contributed by atoms with Crippen LogP contribution in [0, 0.1) is 0 Å². The van der Waals surface area contributed by atoms with E-state index in [0.29, 0.717) is 15.6 Å². The third-order valence-electron chi connectivity index (χ3n) is 4.52. The average Bonchev–Trinajstić information content (AvgIpc) is 3.41. The number of sulfonamides is 1. The van der Waals surface area contributed by atoms with Crippen molar-refractivity contribution in [2.45, 2.75) is 39.2 Å². The summed E-state index contributed by atoms with van der Waals surface area (Å²) in [4.78, 5) is 13.0. The number of nitrogens with zero attached hydrogens (tertiary/aromatic N) is 6. The minimum absolute atomic E-state index is 0.0580. The van der Waals surface area contributed by atoms with E-state index < -0.39 is 27.8 Å². The predicted molar refractivity (Wildman–Crippen MR) is 118 cm³/mol. The molecule has 9 nitrogen and oxygen atoms in total. The first kappa shape index (κ1) is 23.9. The van der Waals surface area contributed by atoms with E-state index in [4.69, 9.17) is 4.42 Å². The van der Waals surface area contributed by atoms with Crippen molar-refractivity contribution in [2.75, 3.05) is 17.1 Å². The lowest BCUT2D eigenvalue weighted by atomic mass is 9.90. The Labute approximate surface area is 188 Å². The van der Waals surface area contributed by atoms with Crippen molar-refractivity contribution in [1.82, 2.24) is 20.2 Å². The van der Waals surface area contributed by atoms with Crippen LogP contribution in [0.2, 0.25) is 0 Å². The Balaban J connectivity index is 1.89. The molecule has 3 heterocycles. The van der Waals surface area contributed by atoms with E-state index in [1.54, 1.807) is 32.3 Å². The molecule has 0 saturated heterocycles. The van der Waals surface area contributed by atoms with Gasteiger partial charge in [0.2, 0.25) is 10.0 Å². The normalized spacial score (nSPS) is 12.7. The summed E-state index contributed by atoms with van der Waals surface area (Å²) in [7, 11) is -1.97. The molecule has 0 fully saturated rings. The summed E-state index contributed by atoms with van der Waals surface area (Å²) in [5, 5.41) is 7.31. The number of alkyl halides is 2. The largest absolute Gasteiger partial charge is 0.414 e. The maximum atomic E-state index is 12.8. The highest BCUT2D eigenvalue weighted by Crippen LogP contribution is 2.30. The lowest BCUT2D eigenvalue weighted by Crippen LogP contribution is -2.32. The maximum Gasteiger partial charge on any atom is 0.314 e. The molecule has 32 heavy (non-hydrogen) atoms. The molecule has 0 aliphatic heterocycles. The number of hydrogen-bond donors (Lipinski definition) is 0. The van der Waals surface area contributed by atoms with Crippen LogP contribution in [-0.2, 0) is 22.0 Å². The lowest BCUT2D eigenvalue weighted by molar-refractivity contribution is 0.116. The van der Waals surface area contributed by atoms with Gasteiger partial charge in [0.15, 0.2) is 0 Å². The first-order chi connectivity index (χ1) is 15.1. The Bertz CT molecular complexity index is 1190. The second-order valence-electron chi connectivity index (χ2n) is 7.28. The molecule has 0 saturated carbocycles. The monoisotopic (exact) mass is 484 g/mol. The molecule has 3 aromatic heterocycles. The van der Waals surface area contributed by atoms with Gasteiger partial charge in [-0.25, -0.2) is 13.4 Å². The number of thiazole rings is 1. The first-order valence-corrected chi connectivity index (χ1v) is 12.0. The van der Waals surface area contributed by atoms with Crippen LogP contribution in [0.3, 0.4) is 0 Å². The van der Waals surface area contributed by atoms with Crippen LogP contribution >= 0.6 is 11.3 Å². The SMILES string of the molecule is CCS(=O)(=O)N(Cc1ncc(-c2nnc(C(F)F)o2)s1)c1ccc(C(C)(C)C=NC)nc1. The number of halogens is 2. The standard InChI is InChI=1S/C19H22F2N6O3S2/c1-5-32(28,29)27(12-6-7-14(23-8-12)19(2,3)11-22-4)10-15-24-9-13(31-15)17-25-26-18(30-17)16(20)21/h6-9,11,16H,5,10H2,1-4H3. The topological polar surface area (TPSA) is 114 Å². The molecule has 0 spiro atoms. The van der Waals surface area contributed by atoms with Gasteiger partial charge in [-0.3, -0.25) is 14.3 Å². The second-order valence-corrected chi connectivity index (χ2v) is 10.6. The summed E-state index contributed by atoms with van der Waals surface area (Å²) in [5.74, 6) is -1.00. The van der Waals surface area contributed by atoms with Gasteiger partial charge >= 0.3 is 6.43 Å². The summed E-state index contributed by atoms with van der Waals surface area (Å²) in [6.45, 7) is 5.40. The molecule has 0 atom stereocenters. The molecule has 13 heteroatoms. The molecule has 0 aliphatic rings. The molecular weight excluding hydrogens is 462 g/mol. The van der Waals surface area contributed by atoms with Gasteiger partial charge in [0, 0.05) is 18.7 Å². The molecule has 3 aromatic rings. The summed E-state index contributed by atoms with van der Waals surface area (Å²) in [5.41, 5.74) is 0.713. The Kier molecular flexibility index (Phi) is 6.98. The van der Waals surface area contributed by atoms with E-state index in [2.05, 4.69) is 25.2 Å². The molecule has 0 radical (unpaired) electrons. The van der Waals surface area contributed by atoms with Crippen molar-refractivity contribution in [2.24, 2.45) is 4.99 Å². The van der Waals surface area contributed by atoms with E-state index >= 15 is 0 Å². The number of aromatic nitrogens is 4. The summed E-state index contributed by atoms with van der Waals surface area (Å²) >= 11 is 1.08. The van der Waals surface area contributed by atoms with Gasteiger partial charge in [-0.2, -0.15) is 8.78 Å². The van der Waals surface area contributed by atoms with Crippen molar-refractivity contribution >= 4 is 33.3 Å². The molecule has 172 valence electrons. The van der Waals surface area contributed by atoms with Gasteiger partial charge in [-0.05, 0) is 32.9 Å². The van der Waals surface area contributed by atoms with E-state index in [0.717, 1.165) is 17.0 Å². The second kappa shape index (κ2) is 9.36. The highest BCUT2D eigenvalue weighted by atomic mass is 32.2. The molecule has 0 unspecified atom stereocenters. The van der Waals surface area contributed by atoms with Crippen molar-refractivity contribution in [3.63, 3.8) is 0 Å². The van der Waals surface area contributed by atoms with Crippen LogP contribution in [-0.4, -0.2) is 47.6 Å². The van der Waals surface area contributed by atoms with Crippen LogP contribution in [0.25, 0.3) is 10.8 Å². The zero-order valence-electron chi connectivity index (χ0n) is 17.9. The van der Waals surface area contributed by atoms with Gasteiger partial charge in [0.1, 0.15) is 9.88 Å². The summed E-state index contributed by atoms with van der Waals surface area (Å²) in [6.07, 6.45) is 1.77. The smallest absolute Gasteiger partial charge is 0.314 e. The molecule has 0 amide bonds. The molecule has 0 aromatic carbocycles. The quantitative estimate of drug-likeness (QED) is 0.424. The summed E-state index contributed by atoms with van der Waals surface area (Å²) in [6, 6.07) is 3.44. The number of anilines is 1. The number of hydrogen-bond acceptors (Lipinski definition) is 9. The molecule has 0 aliphatic carbocycles. The minimum Gasteiger partial charge on any atom is -0.414 e. The fourth-order valence-electron chi connectivity index (χ4n) is 2.84. The minimum atomic E-state index is -3.65. The number of pyridine rings is 1. The Morgan fingerprint density at radius 2 is 2.00 bits per heavy atom.